The fraction of sp³-hybridized carbons (Fsp3) is 1.00. The van der Waals surface area contributed by atoms with Crippen LogP contribution >= 0.6 is 0 Å². The Morgan fingerprint density at radius 3 is 2.40 bits per heavy atom. The van der Waals surface area contributed by atoms with E-state index in [0.717, 1.165) is 12.3 Å². The Kier molecular flexibility index (Phi) is 5.64. The van der Waals surface area contributed by atoms with E-state index in [1.165, 1.54) is 6.42 Å². The molecule has 0 bridgehead atoms. The molecule has 0 aliphatic carbocycles. The minimum absolute atomic E-state index is 0.259. The maximum absolute atomic E-state index is 5.46. The molecule has 0 aliphatic heterocycles. The summed E-state index contributed by atoms with van der Waals surface area (Å²) in [6.45, 7) is 5.05. The lowest BCUT2D eigenvalue weighted by molar-refractivity contribution is 0.0885. The molecule has 0 amide bonds. The molecule has 0 aromatic carbocycles. The second-order valence-corrected chi connectivity index (χ2v) is 2.84. The lowest BCUT2D eigenvalue weighted by Gasteiger charge is -2.16. The Morgan fingerprint density at radius 2 is 2.10 bits per heavy atom. The van der Waals surface area contributed by atoms with E-state index in [4.69, 9.17) is 10.5 Å². The van der Waals surface area contributed by atoms with Crippen LogP contribution in [0.2, 0.25) is 0 Å². The van der Waals surface area contributed by atoms with Gasteiger partial charge in [0, 0.05) is 13.7 Å². The smallest absolute Gasteiger partial charge is 0.0696 e. The summed E-state index contributed by atoms with van der Waals surface area (Å²) in [6.07, 6.45) is 2.55. The average molecular weight is 145 g/mol. The van der Waals surface area contributed by atoms with Crippen molar-refractivity contribution < 1.29 is 4.74 Å². The first-order valence-electron chi connectivity index (χ1n) is 3.97. The normalized spacial score (nSPS) is 16.8. The first-order valence-corrected chi connectivity index (χ1v) is 3.97. The van der Waals surface area contributed by atoms with Gasteiger partial charge in [0.05, 0.1) is 6.10 Å². The molecular weight excluding hydrogens is 126 g/mol. The molecule has 62 valence electrons. The van der Waals surface area contributed by atoms with Gasteiger partial charge in [0.1, 0.15) is 0 Å². The summed E-state index contributed by atoms with van der Waals surface area (Å²) in [4.78, 5) is 0. The van der Waals surface area contributed by atoms with E-state index in [0.29, 0.717) is 6.54 Å². The van der Waals surface area contributed by atoms with Crippen molar-refractivity contribution in [1.82, 2.24) is 0 Å². The molecule has 0 aliphatic rings. The van der Waals surface area contributed by atoms with Crippen LogP contribution in [0.3, 0.4) is 0 Å². The summed E-state index contributed by atoms with van der Waals surface area (Å²) in [7, 11) is 1.72. The second-order valence-electron chi connectivity index (χ2n) is 2.84. The summed E-state index contributed by atoms with van der Waals surface area (Å²) in [6, 6.07) is 0. The van der Waals surface area contributed by atoms with Crippen LogP contribution in [0.15, 0.2) is 0 Å². The van der Waals surface area contributed by atoms with Gasteiger partial charge in [0.25, 0.3) is 0 Å². The van der Waals surface area contributed by atoms with Crippen LogP contribution in [0.5, 0.6) is 0 Å². The van der Waals surface area contributed by atoms with E-state index in [-0.39, 0.29) is 6.10 Å². The number of hydrogen-bond donors (Lipinski definition) is 1. The van der Waals surface area contributed by atoms with Gasteiger partial charge < -0.3 is 10.5 Å². The molecule has 2 nitrogen and oxygen atoms in total. The van der Waals surface area contributed by atoms with Crippen LogP contribution in [-0.2, 0) is 4.74 Å². The van der Waals surface area contributed by atoms with Crippen molar-refractivity contribution in [3.05, 3.63) is 0 Å². The van der Waals surface area contributed by atoms with Gasteiger partial charge in [-0.15, -0.1) is 0 Å². The molecule has 2 N–H and O–H groups in total. The fourth-order valence-electron chi connectivity index (χ4n) is 0.904. The zero-order valence-corrected chi connectivity index (χ0v) is 7.26. The highest BCUT2D eigenvalue weighted by atomic mass is 16.5. The van der Waals surface area contributed by atoms with Crippen LogP contribution in [-0.4, -0.2) is 19.8 Å². The lowest BCUT2D eigenvalue weighted by atomic mass is 10.0. The molecule has 2 heteroatoms. The van der Waals surface area contributed by atoms with E-state index in [2.05, 4.69) is 13.8 Å². The van der Waals surface area contributed by atoms with E-state index in [1.54, 1.807) is 7.11 Å². The van der Waals surface area contributed by atoms with Crippen molar-refractivity contribution >= 4 is 0 Å². The maximum Gasteiger partial charge on any atom is 0.0696 e. The van der Waals surface area contributed by atoms with Crippen molar-refractivity contribution in [2.45, 2.75) is 32.8 Å². The Labute approximate surface area is 63.7 Å². The van der Waals surface area contributed by atoms with Gasteiger partial charge in [0.15, 0.2) is 0 Å². The van der Waals surface area contributed by atoms with Gasteiger partial charge in [0.2, 0.25) is 0 Å². The van der Waals surface area contributed by atoms with E-state index >= 15 is 0 Å². The summed E-state index contributed by atoms with van der Waals surface area (Å²) in [5, 5.41) is 0. The SMILES string of the molecule is CCC(C)CC(CN)OC. The summed E-state index contributed by atoms with van der Waals surface area (Å²) in [5.74, 6) is 0.730. The molecule has 10 heavy (non-hydrogen) atoms. The fourth-order valence-corrected chi connectivity index (χ4v) is 0.904. The number of rotatable bonds is 5. The Hall–Kier alpha value is -0.0800. The topological polar surface area (TPSA) is 35.2 Å². The molecule has 0 saturated heterocycles. The third-order valence-corrected chi connectivity index (χ3v) is 1.96. The zero-order chi connectivity index (χ0) is 7.98. The van der Waals surface area contributed by atoms with Crippen LogP contribution in [0.25, 0.3) is 0 Å². The predicted molar refractivity (Wildman–Crippen MR) is 43.9 cm³/mol. The summed E-state index contributed by atoms with van der Waals surface area (Å²) >= 11 is 0. The highest BCUT2D eigenvalue weighted by Crippen LogP contribution is 2.10. The van der Waals surface area contributed by atoms with Crippen molar-refractivity contribution in [1.29, 1.82) is 0 Å². The van der Waals surface area contributed by atoms with Crippen LogP contribution in [0.4, 0.5) is 0 Å². The molecule has 0 radical (unpaired) electrons. The molecule has 0 aromatic rings. The van der Waals surface area contributed by atoms with Gasteiger partial charge in [-0.3, -0.25) is 0 Å². The zero-order valence-electron chi connectivity index (χ0n) is 7.26. The van der Waals surface area contributed by atoms with Crippen molar-refractivity contribution in [2.75, 3.05) is 13.7 Å². The quantitative estimate of drug-likeness (QED) is 0.634. The predicted octanol–water partition coefficient (Wildman–Crippen LogP) is 1.40. The monoisotopic (exact) mass is 145 g/mol. The Morgan fingerprint density at radius 1 is 1.50 bits per heavy atom. The molecule has 2 unspecified atom stereocenters. The molecule has 0 heterocycles. The number of hydrogen-bond acceptors (Lipinski definition) is 2. The van der Waals surface area contributed by atoms with E-state index < -0.39 is 0 Å². The molecule has 0 rings (SSSR count). The first-order chi connectivity index (χ1) is 4.74. The minimum Gasteiger partial charge on any atom is -0.380 e. The molecule has 0 saturated carbocycles. The highest BCUT2D eigenvalue weighted by molar-refractivity contribution is 4.61. The number of nitrogens with two attached hydrogens (primary N) is 1. The van der Waals surface area contributed by atoms with Gasteiger partial charge in [-0.2, -0.15) is 0 Å². The second kappa shape index (κ2) is 5.69. The van der Waals surface area contributed by atoms with E-state index in [9.17, 15) is 0 Å². The standard InChI is InChI=1S/C8H19NO/c1-4-7(2)5-8(6-9)10-3/h7-8H,4-6,9H2,1-3H3. The van der Waals surface area contributed by atoms with Crippen molar-refractivity contribution in [3.8, 4) is 0 Å². The molecule has 2 atom stereocenters. The van der Waals surface area contributed by atoms with Gasteiger partial charge >= 0.3 is 0 Å². The highest BCUT2D eigenvalue weighted by Gasteiger charge is 2.08. The molecule has 0 fully saturated rings. The Bertz CT molecular complexity index is 71.7. The van der Waals surface area contributed by atoms with Crippen molar-refractivity contribution in [2.24, 2.45) is 11.7 Å². The first kappa shape index (κ1) is 9.92. The Balaban J connectivity index is 3.41. The van der Waals surface area contributed by atoms with E-state index in [1.807, 2.05) is 0 Å². The van der Waals surface area contributed by atoms with Gasteiger partial charge in [-0.1, -0.05) is 20.3 Å². The molecule has 0 aromatic heterocycles. The number of ether oxygens (including phenoxy) is 1. The van der Waals surface area contributed by atoms with Crippen LogP contribution in [0.1, 0.15) is 26.7 Å². The number of methoxy groups -OCH3 is 1. The lowest BCUT2D eigenvalue weighted by Crippen LogP contribution is -2.24. The van der Waals surface area contributed by atoms with Crippen molar-refractivity contribution in [3.63, 3.8) is 0 Å². The summed E-state index contributed by atoms with van der Waals surface area (Å²) in [5.41, 5.74) is 5.46. The minimum atomic E-state index is 0.259. The largest absolute Gasteiger partial charge is 0.380 e. The van der Waals surface area contributed by atoms with Crippen LogP contribution < -0.4 is 5.73 Å². The van der Waals surface area contributed by atoms with Gasteiger partial charge in [-0.25, -0.2) is 0 Å². The third-order valence-electron chi connectivity index (χ3n) is 1.96. The summed E-state index contributed by atoms with van der Waals surface area (Å²) < 4.78 is 5.15. The average Bonchev–Trinajstić information content (AvgIpc) is 1.99. The van der Waals surface area contributed by atoms with Crippen LogP contribution in [0, 0.1) is 5.92 Å². The molecule has 0 spiro atoms. The van der Waals surface area contributed by atoms with Gasteiger partial charge in [-0.05, 0) is 12.3 Å². The third kappa shape index (κ3) is 3.85. The molecular formula is C8H19NO. The maximum atomic E-state index is 5.46.